The van der Waals surface area contributed by atoms with Crippen molar-refractivity contribution in [3.05, 3.63) is 65.7 Å². The van der Waals surface area contributed by atoms with Crippen molar-refractivity contribution in [1.82, 2.24) is 0 Å². The van der Waals surface area contributed by atoms with E-state index in [1.807, 2.05) is 31.2 Å². The molecule has 0 radical (unpaired) electrons. The van der Waals surface area contributed by atoms with Gasteiger partial charge in [0.2, 0.25) is 17.7 Å². The van der Waals surface area contributed by atoms with Crippen LogP contribution in [0.4, 0.5) is 11.4 Å². The molecule has 6 rings (SSSR count). The zero-order valence-electron chi connectivity index (χ0n) is 19.6. The van der Waals surface area contributed by atoms with Crippen molar-refractivity contribution in [2.24, 2.45) is 29.6 Å². The number of fused-ring (bicyclic) bond motifs is 5. The zero-order chi connectivity index (χ0) is 24.4. The molecular formula is C28H26N2O5. The van der Waals surface area contributed by atoms with Gasteiger partial charge >= 0.3 is 5.97 Å². The Hall–Kier alpha value is -3.74. The van der Waals surface area contributed by atoms with Gasteiger partial charge in [-0.3, -0.25) is 19.2 Å². The Morgan fingerprint density at radius 3 is 2.20 bits per heavy atom. The zero-order valence-corrected chi connectivity index (χ0v) is 19.6. The van der Waals surface area contributed by atoms with Gasteiger partial charge in [0.15, 0.2) is 0 Å². The van der Waals surface area contributed by atoms with E-state index in [2.05, 4.69) is 12.2 Å². The first-order valence-corrected chi connectivity index (χ1v) is 12.1. The van der Waals surface area contributed by atoms with Crippen molar-refractivity contribution in [3.63, 3.8) is 0 Å². The fourth-order valence-corrected chi connectivity index (χ4v) is 6.12. The lowest BCUT2D eigenvalue weighted by Crippen LogP contribution is -2.33. The molecule has 1 saturated carbocycles. The van der Waals surface area contributed by atoms with E-state index < -0.39 is 11.9 Å². The molecular weight excluding hydrogens is 444 g/mol. The Balaban J connectivity index is 1.15. The minimum Gasteiger partial charge on any atom is -0.426 e. The quantitative estimate of drug-likeness (QED) is 0.295. The number of hydrogen-bond acceptors (Lipinski definition) is 5. The molecule has 7 nitrogen and oxygen atoms in total. The van der Waals surface area contributed by atoms with Crippen molar-refractivity contribution in [2.45, 2.75) is 26.7 Å². The predicted molar refractivity (Wildman–Crippen MR) is 129 cm³/mol. The second-order valence-corrected chi connectivity index (χ2v) is 10.1. The van der Waals surface area contributed by atoms with Crippen LogP contribution >= 0.6 is 0 Å². The summed E-state index contributed by atoms with van der Waals surface area (Å²) in [5.41, 5.74) is 3.08. The molecule has 3 amide bonds. The van der Waals surface area contributed by atoms with Gasteiger partial charge in [-0.2, -0.15) is 0 Å². The first-order chi connectivity index (χ1) is 16.8. The van der Waals surface area contributed by atoms with Crippen molar-refractivity contribution in [3.8, 4) is 5.75 Å². The summed E-state index contributed by atoms with van der Waals surface area (Å²) in [6.07, 6.45) is 5.13. The van der Waals surface area contributed by atoms with E-state index in [1.54, 1.807) is 30.0 Å². The highest BCUT2D eigenvalue weighted by atomic mass is 16.5. The summed E-state index contributed by atoms with van der Waals surface area (Å²) in [7, 11) is 0. The highest BCUT2D eigenvalue weighted by Gasteiger charge is 2.59. The average molecular weight is 471 g/mol. The number of allylic oxidation sites excluding steroid dienone is 2. The number of carbonyl (C=O) groups is 4. The molecule has 2 aromatic carbocycles. The summed E-state index contributed by atoms with van der Waals surface area (Å²) in [4.78, 5) is 54.5. The topological polar surface area (TPSA) is 84.0 Å². The lowest BCUT2D eigenvalue weighted by molar-refractivity contribution is -0.139. The normalized spacial score (nSPS) is 28.9. The van der Waals surface area contributed by atoms with Gasteiger partial charge in [0.05, 0.1) is 23.4 Å². The Morgan fingerprint density at radius 1 is 0.914 bits per heavy atom. The molecule has 2 bridgehead atoms. The van der Waals surface area contributed by atoms with Gasteiger partial charge in [-0.05, 0) is 68.0 Å². The Labute approximate surface area is 203 Å². The molecule has 0 spiro atoms. The molecule has 2 heterocycles. The molecule has 2 aliphatic carbocycles. The van der Waals surface area contributed by atoms with Gasteiger partial charge in [0.25, 0.3) is 0 Å². The molecule has 3 fully saturated rings. The lowest BCUT2D eigenvalue weighted by Gasteiger charge is -2.20. The fraction of sp³-hybridized carbons (Fsp3) is 0.357. The van der Waals surface area contributed by atoms with E-state index in [4.69, 9.17) is 4.74 Å². The monoisotopic (exact) mass is 470 g/mol. The van der Waals surface area contributed by atoms with Crippen LogP contribution in [0.5, 0.6) is 5.75 Å². The third kappa shape index (κ3) is 3.40. The van der Waals surface area contributed by atoms with Crippen molar-refractivity contribution < 1.29 is 23.9 Å². The molecule has 7 heteroatoms. The average Bonchev–Trinajstić information content (AvgIpc) is 3.59. The SMILES string of the molecule is Cc1ccc(N2C[C@@H](C(=O)Oc3ccc(N4C(=O)[C@@H]5[C@H](C4=O)[C@H]4C=C[C@H]5C4)c(C)c3)CC2=O)cc1. The minimum atomic E-state index is -0.562. The highest BCUT2D eigenvalue weighted by molar-refractivity contribution is 6.23. The second-order valence-electron chi connectivity index (χ2n) is 10.1. The summed E-state index contributed by atoms with van der Waals surface area (Å²) >= 11 is 0. The lowest BCUT2D eigenvalue weighted by atomic mass is 9.85. The minimum absolute atomic E-state index is 0.0969. The number of amides is 3. The van der Waals surface area contributed by atoms with Gasteiger partial charge in [-0.1, -0.05) is 29.8 Å². The summed E-state index contributed by atoms with van der Waals surface area (Å²) in [6.45, 7) is 4.05. The molecule has 5 atom stereocenters. The molecule has 2 aliphatic heterocycles. The molecule has 178 valence electrons. The Bertz CT molecular complexity index is 1270. The van der Waals surface area contributed by atoms with Crippen molar-refractivity contribution in [2.75, 3.05) is 16.3 Å². The van der Waals surface area contributed by atoms with Crippen LogP contribution in [-0.4, -0.2) is 30.2 Å². The predicted octanol–water partition coefficient (Wildman–Crippen LogP) is 3.57. The van der Waals surface area contributed by atoms with Crippen molar-refractivity contribution >= 4 is 35.1 Å². The highest BCUT2D eigenvalue weighted by Crippen LogP contribution is 2.53. The maximum atomic E-state index is 13.1. The molecule has 35 heavy (non-hydrogen) atoms. The fourth-order valence-electron chi connectivity index (χ4n) is 6.12. The van der Waals surface area contributed by atoms with E-state index in [-0.39, 0.29) is 54.4 Å². The van der Waals surface area contributed by atoms with Crippen LogP contribution in [-0.2, 0) is 19.2 Å². The van der Waals surface area contributed by atoms with Gasteiger partial charge in [0, 0.05) is 18.7 Å². The van der Waals surface area contributed by atoms with E-state index in [0.717, 1.165) is 17.7 Å². The number of anilines is 2. The number of esters is 1. The Morgan fingerprint density at radius 2 is 1.57 bits per heavy atom. The van der Waals surface area contributed by atoms with Crippen molar-refractivity contribution in [1.29, 1.82) is 0 Å². The largest absolute Gasteiger partial charge is 0.426 e. The number of rotatable bonds is 4. The standard InChI is InChI=1S/C28H26N2O5/c1-15-3-7-20(8-4-15)29-14-19(13-23(29)31)28(34)35-21-9-10-22(16(2)11-21)30-26(32)24-17-5-6-18(12-17)25(24)27(30)33/h3-11,17-19,24-25H,12-14H2,1-2H3/t17-,18-,19-,24-,25+/m0/s1. The van der Waals surface area contributed by atoms with E-state index in [0.29, 0.717) is 17.0 Å². The number of nitrogens with zero attached hydrogens (tertiary/aromatic N) is 2. The third-order valence-electron chi connectivity index (χ3n) is 7.90. The number of ether oxygens (including phenoxy) is 1. The Kier molecular flexibility index (Phi) is 4.91. The maximum absolute atomic E-state index is 13.1. The maximum Gasteiger partial charge on any atom is 0.316 e. The second kappa shape index (κ2) is 7.90. The molecule has 2 aromatic rings. The van der Waals surface area contributed by atoms with Gasteiger partial charge < -0.3 is 9.64 Å². The van der Waals surface area contributed by atoms with Crippen LogP contribution in [0.3, 0.4) is 0 Å². The molecule has 2 saturated heterocycles. The van der Waals surface area contributed by atoms with Crippen LogP contribution in [0, 0.1) is 43.4 Å². The van der Waals surface area contributed by atoms with Crippen LogP contribution in [0.25, 0.3) is 0 Å². The first-order valence-electron chi connectivity index (χ1n) is 12.1. The summed E-state index contributed by atoms with van der Waals surface area (Å²) in [5.74, 6) is -1.28. The van der Waals surface area contributed by atoms with Gasteiger partial charge in [0.1, 0.15) is 5.75 Å². The van der Waals surface area contributed by atoms with Gasteiger partial charge in [-0.25, -0.2) is 4.90 Å². The number of hydrogen-bond donors (Lipinski definition) is 0. The summed E-state index contributed by atoms with van der Waals surface area (Å²) in [5, 5.41) is 0. The molecule has 4 aliphatic rings. The van der Waals surface area contributed by atoms with Crippen LogP contribution < -0.4 is 14.5 Å². The van der Waals surface area contributed by atoms with Gasteiger partial charge in [-0.15, -0.1) is 0 Å². The van der Waals surface area contributed by atoms with Crippen LogP contribution in [0.15, 0.2) is 54.6 Å². The summed E-state index contributed by atoms with van der Waals surface area (Å²) in [6, 6.07) is 12.6. The first kappa shape index (κ1) is 21.8. The van der Waals surface area contributed by atoms with Crippen LogP contribution in [0.1, 0.15) is 24.0 Å². The number of benzene rings is 2. The van der Waals surface area contributed by atoms with Crippen LogP contribution in [0.2, 0.25) is 0 Å². The number of imide groups is 1. The number of carbonyl (C=O) groups excluding carboxylic acids is 4. The molecule has 0 unspecified atom stereocenters. The molecule has 0 aromatic heterocycles. The van der Waals surface area contributed by atoms with E-state index in [1.165, 1.54) is 4.90 Å². The summed E-state index contributed by atoms with van der Waals surface area (Å²) < 4.78 is 5.60. The van der Waals surface area contributed by atoms with E-state index >= 15 is 0 Å². The molecule has 0 N–H and O–H groups in total. The smallest absolute Gasteiger partial charge is 0.316 e. The van der Waals surface area contributed by atoms with E-state index in [9.17, 15) is 19.2 Å². The third-order valence-corrected chi connectivity index (χ3v) is 7.90. The number of aryl methyl sites for hydroxylation is 2.